The first kappa shape index (κ1) is 11.3. The standard InChI is InChI=1S/C10H10Cl2O2/c11-4-3-8-5-7(10(14)6-12)1-2-9(8)13/h1-2,5,13H,3-4,6H2. The number of Topliss-reactive ketones (excluding diaryl/α,β-unsaturated/α-hetero) is 1. The average Bonchev–Trinajstić information content (AvgIpc) is 2.20. The zero-order valence-corrected chi connectivity index (χ0v) is 8.98. The van der Waals surface area contributed by atoms with Crippen LogP contribution in [0.15, 0.2) is 18.2 Å². The van der Waals surface area contributed by atoms with Crippen LogP contribution >= 0.6 is 23.2 Å². The van der Waals surface area contributed by atoms with Gasteiger partial charge in [-0.05, 0) is 30.2 Å². The Labute approximate surface area is 92.5 Å². The average molecular weight is 233 g/mol. The third kappa shape index (κ3) is 2.63. The Morgan fingerprint density at radius 2 is 2.07 bits per heavy atom. The number of phenolic OH excluding ortho intramolecular Hbond substituents is 1. The van der Waals surface area contributed by atoms with Crippen molar-refractivity contribution in [1.82, 2.24) is 0 Å². The number of aromatic hydroxyl groups is 1. The number of carbonyl (C=O) groups is 1. The number of ketones is 1. The molecule has 14 heavy (non-hydrogen) atoms. The molecule has 0 aliphatic rings. The zero-order chi connectivity index (χ0) is 10.6. The topological polar surface area (TPSA) is 37.3 Å². The van der Waals surface area contributed by atoms with Gasteiger partial charge in [-0.1, -0.05) is 0 Å². The third-order valence-electron chi connectivity index (χ3n) is 1.89. The minimum Gasteiger partial charge on any atom is -0.508 e. The van der Waals surface area contributed by atoms with Crippen LogP contribution in [-0.2, 0) is 6.42 Å². The second-order valence-electron chi connectivity index (χ2n) is 2.84. The van der Waals surface area contributed by atoms with Gasteiger partial charge in [-0.2, -0.15) is 0 Å². The van der Waals surface area contributed by atoms with Crippen LogP contribution in [0.1, 0.15) is 15.9 Å². The highest BCUT2D eigenvalue weighted by atomic mass is 35.5. The van der Waals surface area contributed by atoms with Gasteiger partial charge in [-0.3, -0.25) is 4.79 Å². The molecule has 0 radical (unpaired) electrons. The molecule has 1 aromatic carbocycles. The molecule has 0 amide bonds. The van der Waals surface area contributed by atoms with E-state index in [9.17, 15) is 9.90 Å². The summed E-state index contributed by atoms with van der Waals surface area (Å²) in [6.45, 7) is 0. The first-order valence-electron chi connectivity index (χ1n) is 4.16. The number of rotatable bonds is 4. The fourth-order valence-electron chi connectivity index (χ4n) is 1.14. The van der Waals surface area contributed by atoms with Crippen molar-refractivity contribution in [3.05, 3.63) is 29.3 Å². The van der Waals surface area contributed by atoms with Crippen molar-refractivity contribution in [1.29, 1.82) is 0 Å². The summed E-state index contributed by atoms with van der Waals surface area (Å²) in [5.41, 5.74) is 1.19. The lowest BCUT2D eigenvalue weighted by atomic mass is 10.1. The van der Waals surface area contributed by atoms with Crippen LogP contribution in [0.5, 0.6) is 5.75 Å². The second-order valence-corrected chi connectivity index (χ2v) is 3.48. The van der Waals surface area contributed by atoms with Crippen molar-refractivity contribution in [3.63, 3.8) is 0 Å². The van der Waals surface area contributed by atoms with E-state index in [2.05, 4.69) is 0 Å². The van der Waals surface area contributed by atoms with Gasteiger partial charge in [-0.25, -0.2) is 0 Å². The number of halogens is 2. The van der Waals surface area contributed by atoms with E-state index >= 15 is 0 Å². The Bertz CT molecular complexity index is 337. The second kappa shape index (κ2) is 5.23. The highest BCUT2D eigenvalue weighted by Gasteiger charge is 2.07. The van der Waals surface area contributed by atoms with Crippen LogP contribution in [0.25, 0.3) is 0 Å². The highest BCUT2D eigenvalue weighted by molar-refractivity contribution is 6.30. The maximum Gasteiger partial charge on any atom is 0.177 e. The van der Waals surface area contributed by atoms with Gasteiger partial charge in [0.05, 0.1) is 5.88 Å². The van der Waals surface area contributed by atoms with Crippen LogP contribution in [0, 0.1) is 0 Å². The summed E-state index contributed by atoms with van der Waals surface area (Å²) < 4.78 is 0. The summed E-state index contributed by atoms with van der Waals surface area (Å²) in [4.78, 5) is 11.2. The number of hydrogen-bond donors (Lipinski definition) is 1. The van der Waals surface area contributed by atoms with Gasteiger partial charge < -0.3 is 5.11 Å². The lowest BCUT2D eigenvalue weighted by Crippen LogP contribution is -2.01. The van der Waals surface area contributed by atoms with Crippen molar-refractivity contribution in [2.45, 2.75) is 6.42 Å². The molecule has 1 aromatic rings. The van der Waals surface area contributed by atoms with Gasteiger partial charge in [0.15, 0.2) is 5.78 Å². The van der Waals surface area contributed by atoms with Gasteiger partial charge in [0.2, 0.25) is 0 Å². The van der Waals surface area contributed by atoms with Crippen molar-refractivity contribution in [3.8, 4) is 5.75 Å². The first-order valence-corrected chi connectivity index (χ1v) is 5.23. The molecule has 0 aliphatic carbocycles. The fourth-order valence-corrected chi connectivity index (χ4v) is 1.50. The molecule has 0 unspecified atom stereocenters. The molecule has 2 nitrogen and oxygen atoms in total. The van der Waals surface area contributed by atoms with Crippen LogP contribution < -0.4 is 0 Å². The Hall–Kier alpha value is -0.730. The minimum atomic E-state index is -0.150. The van der Waals surface area contributed by atoms with Crippen LogP contribution in [0.4, 0.5) is 0 Å². The first-order chi connectivity index (χ1) is 6.69. The summed E-state index contributed by atoms with van der Waals surface area (Å²) >= 11 is 11.0. The molecule has 0 saturated carbocycles. The third-order valence-corrected chi connectivity index (χ3v) is 2.32. The minimum absolute atomic E-state index is 0.0505. The molecule has 76 valence electrons. The van der Waals surface area contributed by atoms with E-state index in [0.29, 0.717) is 23.4 Å². The van der Waals surface area contributed by atoms with Crippen molar-refractivity contribution in [2.24, 2.45) is 0 Å². The van der Waals surface area contributed by atoms with Crippen LogP contribution in [-0.4, -0.2) is 22.6 Å². The number of phenols is 1. The molecule has 4 heteroatoms. The van der Waals surface area contributed by atoms with E-state index in [-0.39, 0.29) is 17.4 Å². The molecule has 1 N–H and O–H groups in total. The monoisotopic (exact) mass is 232 g/mol. The van der Waals surface area contributed by atoms with Gasteiger partial charge in [0.25, 0.3) is 0 Å². The lowest BCUT2D eigenvalue weighted by molar-refractivity contribution is 0.102. The summed E-state index contributed by atoms with van der Waals surface area (Å²) in [5, 5.41) is 9.42. The number of alkyl halides is 2. The van der Waals surface area contributed by atoms with Crippen molar-refractivity contribution < 1.29 is 9.90 Å². The van der Waals surface area contributed by atoms with E-state index in [0.717, 1.165) is 0 Å². The molecule has 0 aliphatic heterocycles. The molecule has 0 atom stereocenters. The Kier molecular flexibility index (Phi) is 4.23. The van der Waals surface area contributed by atoms with E-state index in [1.807, 2.05) is 0 Å². The maximum absolute atomic E-state index is 11.2. The highest BCUT2D eigenvalue weighted by Crippen LogP contribution is 2.19. The number of hydrogen-bond acceptors (Lipinski definition) is 2. The molecule has 0 spiro atoms. The smallest absolute Gasteiger partial charge is 0.177 e. The van der Waals surface area contributed by atoms with Gasteiger partial charge in [0, 0.05) is 11.4 Å². The normalized spacial score (nSPS) is 10.1. The predicted molar refractivity (Wildman–Crippen MR) is 57.6 cm³/mol. The van der Waals surface area contributed by atoms with Gasteiger partial charge >= 0.3 is 0 Å². The Morgan fingerprint density at radius 1 is 1.36 bits per heavy atom. The molecule has 1 rings (SSSR count). The number of aryl methyl sites for hydroxylation is 1. The summed E-state index contributed by atoms with van der Waals surface area (Å²) in [7, 11) is 0. The maximum atomic E-state index is 11.2. The summed E-state index contributed by atoms with van der Waals surface area (Å²) in [6.07, 6.45) is 0.538. The Morgan fingerprint density at radius 3 is 2.64 bits per heavy atom. The van der Waals surface area contributed by atoms with Crippen LogP contribution in [0.3, 0.4) is 0 Å². The number of benzene rings is 1. The Balaban J connectivity index is 2.99. The predicted octanol–water partition coefficient (Wildman–Crippen LogP) is 2.60. The molecular weight excluding hydrogens is 223 g/mol. The quantitative estimate of drug-likeness (QED) is 0.641. The van der Waals surface area contributed by atoms with E-state index < -0.39 is 0 Å². The van der Waals surface area contributed by atoms with E-state index in [1.54, 1.807) is 12.1 Å². The van der Waals surface area contributed by atoms with E-state index in [4.69, 9.17) is 23.2 Å². The zero-order valence-electron chi connectivity index (χ0n) is 7.46. The molecule has 0 aromatic heterocycles. The molecule has 0 heterocycles. The van der Waals surface area contributed by atoms with Gasteiger partial charge in [0.1, 0.15) is 5.75 Å². The molecule has 0 bridgehead atoms. The van der Waals surface area contributed by atoms with Crippen molar-refractivity contribution in [2.75, 3.05) is 11.8 Å². The largest absolute Gasteiger partial charge is 0.508 e. The molecule has 0 saturated heterocycles. The summed E-state index contributed by atoms with van der Waals surface area (Å²) in [5.74, 6) is 0.372. The SMILES string of the molecule is O=C(CCl)c1ccc(O)c(CCCl)c1. The number of carbonyl (C=O) groups excluding carboxylic acids is 1. The molecule has 0 fully saturated rings. The van der Waals surface area contributed by atoms with Gasteiger partial charge in [-0.15, -0.1) is 23.2 Å². The molecular formula is C10H10Cl2O2. The van der Waals surface area contributed by atoms with E-state index in [1.165, 1.54) is 6.07 Å². The lowest BCUT2D eigenvalue weighted by Gasteiger charge is -2.04. The van der Waals surface area contributed by atoms with Crippen molar-refractivity contribution >= 4 is 29.0 Å². The summed E-state index contributed by atoms with van der Waals surface area (Å²) in [6, 6.07) is 4.67. The van der Waals surface area contributed by atoms with Crippen LogP contribution in [0.2, 0.25) is 0 Å². The fraction of sp³-hybridized carbons (Fsp3) is 0.300.